The van der Waals surface area contributed by atoms with Crippen molar-refractivity contribution >= 4 is 5.84 Å². The topological polar surface area (TPSA) is 28.5 Å². The van der Waals surface area contributed by atoms with Gasteiger partial charge in [-0.1, -0.05) is 0 Å². The van der Waals surface area contributed by atoms with E-state index in [0.717, 1.165) is 30.9 Å². The predicted molar refractivity (Wildman–Crippen MR) is 57.6 cm³/mol. The van der Waals surface area contributed by atoms with Gasteiger partial charge in [0.25, 0.3) is 0 Å². The van der Waals surface area contributed by atoms with E-state index in [1.165, 1.54) is 5.56 Å². The third-order valence-corrected chi connectivity index (χ3v) is 2.41. The number of hydrogen-bond donors (Lipinski definition) is 0. The lowest BCUT2D eigenvalue weighted by atomic mass is 10.1. The van der Waals surface area contributed by atoms with Gasteiger partial charge >= 0.3 is 0 Å². The molecule has 0 unspecified atom stereocenters. The quantitative estimate of drug-likeness (QED) is 0.669. The lowest BCUT2D eigenvalue weighted by molar-refractivity contribution is 0.468. The molecule has 1 aromatic heterocycles. The van der Waals surface area contributed by atoms with Crippen LogP contribution in [0.1, 0.15) is 17.5 Å². The molecular formula is C11H15N3. The summed E-state index contributed by atoms with van der Waals surface area (Å²) in [5.41, 5.74) is 2.32. The molecule has 1 aliphatic heterocycles. The van der Waals surface area contributed by atoms with Gasteiger partial charge in [0.2, 0.25) is 0 Å². The highest BCUT2D eigenvalue weighted by atomic mass is 15.2. The molecule has 14 heavy (non-hydrogen) atoms. The number of aryl methyl sites for hydroxylation is 1. The lowest BCUT2D eigenvalue weighted by Gasteiger charge is -2.25. The maximum atomic E-state index is 4.52. The van der Waals surface area contributed by atoms with Crippen molar-refractivity contribution < 1.29 is 0 Å². The zero-order chi connectivity index (χ0) is 9.97. The zero-order valence-corrected chi connectivity index (χ0v) is 8.70. The van der Waals surface area contributed by atoms with E-state index in [1.807, 2.05) is 12.4 Å². The second-order valence-corrected chi connectivity index (χ2v) is 3.73. The normalized spacial score (nSPS) is 16.7. The molecular weight excluding hydrogens is 174 g/mol. The Morgan fingerprint density at radius 2 is 2.21 bits per heavy atom. The van der Waals surface area contributed by atoms with Gasteiger partial charge in [-0.05, 0) is 25.0 Å². The first-order valence-corrected chi connectivity index (χ1v) is 4.95. The molecule has 0 fully saturated rings. The van der Waals surface area contributed by atoms with E-state index < -0.39 is 0 Å². The smallest absolute Gasteiger partial charge is 0.132 e. The van der Waals surface area contributed by atoms with Crippen molar-refractivity contribution in [3.63, 3.8) is 0 Å². The molecule has 0 radical (unpaired) electrons. The second-order valence-electron chi connectivity index (χ2n) is 3.73. The van der Waals surface area contributed by atoms with E-state index in [2.05, 4.69) is 34.9 Å². The highest BCUT2D eigenvalue weighted by Crippen LogP contribution is 2.09. The monoisotopic (exact) mass is 189 g/mol. The molecule has 1 aliphatic rings. The Kier molecular flexibility index (Phi) is 2.48. The van der Waals surface area contributed by atoms with Crippen molar-refractivity contribution in [3.8, 4) is 0 Å². The molecule has 0 saturated heterocycles. The molecule has 74 valence electrons. The molecule has 0 amide bonds. The maximum Gasteiger partial charge on any atom is 0.132 e. The Hall–Kier alpha value is -1.38. The number of aromatic nitrogens is 1. The Bertz CT molecular complexity index is 357. The van der Waals surface area contributed by atoms with Crippen LogP contribution in [0.2, 0.25) is 0 Å². The van der Waals surface area contributed by atoms with Crippen LogP contribution in [0.5, 0.6) is 0 Å². The van der Waals surface area contributed by atoms with Crippen LogP contribution < -0.4 is 0 Å². The summed E-state index contributed by atoms with van der Waals surface area (Å²) in [5.74, 6) is 1.08. The van der Waals surface area contributed by atoms with Gasteiger partial charge in [0, 0.05) is 38.1 Å². The summed E-state index contributed by atoms with van der Waals surface area (Å²) in [7, 11) is 2.08. The molecule has 3 heteroatoms. The molecule has 0 aromatic carbocycles. The highest BCUT2D eigenvalue weighted by Gasteiger charge is 2.12. The minimum atomic E-state index is 0.938. The van der Waals surface area contributed by atoms with Crippen LogP contribution in [0.15, 0.2) is 23.5 Å². The van der Waals surface area contributed by atoms with Crippen LogP contribution in [0, 0.1) is 6.92 Å². The Morgan fingerprint density at radius 1 is 1.36 bits per heavy atom. The van der Waals surface area contributed by atoms with Crippen molar-refractivity contribution in [2.24, 2.45) is 4.99 Å². The fraction of sp³-hybridized carbons (Fsp3) is 0.455. The predicted octanol–water partition coefficient (Wildman–Crippen LogP) is 1.47. The summed E-state index contributed by atoms with van der Waals surface area (Å²) in [6.07, 6.45) is 4.90. The largest absolute Gasteiger partial charge is 0.359 e. The van der Waals surface area contributed by atoms with Crippen molar-refractivity contribution in [2.75, 3.05) is 20.1 Å². The highest BCUT2D eigenvalue weighted by molar-refractivity contribution is 5.98. The molecule has 0 bridgehead atoms. The third kappa shape index (κ3) is 1.76. The van der Waals surface area contributed by atoms with Crippen molar-refractivity contribution in [1.82, 2.24) is 9.88 Å². The minimum absolute atomic E-state index is 0.938. The zero-order valence-electron chi connectivity index (χ0n) is 8.70. The lowest BCUT2D eigenvalue weighted by Crippen LogP contribution is -2.32. The number of hydrogen-bond acceptors (Lipinski definition) is 3. The van der Waals surface area contributed by atoms with Crippen LogP contribution in [-0.2, 0) is 0 Å². The van der Waals surface area contributed by atoms with Gasteiger partial charge in [-0.25, -0.2) is 0 Å². The Labute approximate surface area is 84.5 Å². The van der Waals surface area contributed by atoms with Crippen molar-refractivity contribution in [3.05, 3.63) is 29.6 Å². The van der Waals surface area contributed by atoms with Gasteiger partial charge in [0.05, 0.1) is 0 Å². The van der Waals surface area contributed by atoms with Crippen LogP contribution in [0.3, 0.4) is 0 Å². The van der Waals surface area contributed by atoms with Crippen LogP contribution in [0.4, 0.5) is 0 Å². The number of aliphatic imine (C=N–C) groups is 1. The van der Waals surface area contributed by atoms with Gasteiger partial charge < -0.3 is 4.90 Å². The summed E-state index contributed by atoms with van der Waals surface area (Å²) in [6.45, 7) is 4.08. The summed E-state index contributed by atoms with van der Waals surface area (Å²) in [4.78, 5) is 10.9. The van der Waals surface area contributed by atoms with Gasteiger partial charge in [-0.15, -0.1) is 0 Å². The molecule has 0 N–H and O–H groups in total. The molecule has 1 aromatic rings. The summed E-state index contributed by atoms with van der Waals surface area (Å²) < 4.78 is 0. The molecule has 3 nitrogen and oxygen atoms in total. The summed E-state index contributed by atoms with van der Waals surface area (Å²) in [6, 6.07) is 2.13. The standard InChI is InChI=1S/C11H15N3/c1-9-6-10(8-12-7-9)11-13-4-3-5-14(11)2/h6-8H,3-5H2,1-2H3. The van der Waals surface area contributed by atoms with E-state index in [9.17, 15) is 0 Å². The molecule has 0 spiro atoms. The number of pyridine rings is 1. The average molecular weight is 189 g/mol. The van der Waals surface area contributed by atoms with Crippen LogP contribution in [0.25, 0.3) is 0 Å². The Balaban J connectivity index is 2.34. The van der Waals surface area contributed by atoms with E-state index in [4.69, 9.17) is 0 Å². The first-order valence-electron chi connectivity index (χ1n) is 4.95. The second kappa shape index (κ2) is 3.78. The molecule has 0 saturated carbocycles. The molecule has 2 heterocycles. The van der Waals surface area contributed by atoms with Gasteiger partial charge in [-0.2, -0.15) is 0 Å². The fourth-order valence-corrected chi connectivity index (χ4v) is 1.71. The fourth-order valence-electron chi connectivity index (χ4n) is 1.71. The molecule has 0 aliphatic carbocycles. The van der Waals surface area contributed by atoms with E-state index in [-0.39, 0.29) is 0 Å². The SMILES string of the molecule is Cc1cncc(C2=NCCCN2C)c1. The number of rotatable bonds is 1. The number of nitrogens with zero attached hydrogens (tertiary/aromatic N) is 3. The minimum Gasteiger partial charge on any atom is -0.359 e. The summed E-state index contributed by atoms with van der Waals surface area (Å²) >= 11 is 0. The third-order valence-electron chi connectivity index (χ3n) is 2.41. The number of amidine groups is 1. The summed E-state index contributed by atoms with van der Waals surface area (Å²) in [5, 5.41) is 0. The van der Waals surface area contributed by atoms with E-state index >= 15 is 0 Å². The van der Waals surface area contributed by atoms with E-state index in [0.29, 0.717) is 0 Å². The van der Waals surface area contributed by atoms with E-state index in [1.54, 1.807) is 0 Å². The molecule has 2 rings (SSSR count). The van der Waals surface area contributed by atoms with Crippen molar-refractivity contribution in [1.29, 1.82) is 0 Å². The first-order chi connectivity index (χ1) is 6.77. The first kappa shape index (κ1) is 9.19. The van der Waals surface area contributed by atoms with Crippen LogP contribution in [-0.4, -0.2) is 35.9 Å². The van der Waals surface area contributed by atoms with Gasteiger partial charge in [0.1, 0.15) is 5.84 Å². The molecule has 0 atom stereocenters. The van der Waals surface area contributed by atoms with Crippen LogP contribution >= 0.6 is 0 Å². The average Bonchev–Trinajstić information content (AvgIpc) is 2.18. The van der Waals surface area contributed by atoms with Gasteiger partial charge in [0.15, 0.2) is 0 Å². The van der Waals surface area contributed by atoms with Gasteiger partial charge in [-0.3, -0.25) is 9.98 Å². The maximum absolute atomic E-state index is 4.52. The Morgan fingerprint density at radius 3 is 2.93 bits per heavy atom. The van der Waals surface area contributed by atoms with Crippen molar-refractivity contribution in [2.45, 2.75) is 13.3 Å².